The number of thioether (sulfide) groups is 6. The smallest absolute Gasteiger partial charge is 0.323 e. The minimum Gasteiger partial charge on any atom is -1.00 e. The predicted molar refractivity (Wildman–Crippen MR) is 413 cm³/mol. The molecular weight excluding hydrogens is 1250 g/mol. The highest BCUT2D eigenvalue weighted by Crippen LogP contribution is 2.28. The molecular formula is C72H147ClN7O4S6+. The number of carbonyl (C=O) groups excluding carboxylic acids is 2. The van der Waals surface area contributed by atoms with E-state index in [-0.39, 0.29) is 35.6 Å². The standard InChI is InChI=1S/C12H23NO2S.C11H24N2S.C11H14O.C10H21NOS.C10H21NS.2C9H22NS.ClH/c1-12(2,3)16-9-8-13-7-5-6-10(13)11(14)15-4;1-11(2,3)14-10-9-13-7-5-12(4)6-8-13;1-11(2,3)10(12)9-7-5-4-6-8-9;1-10(2,3)13-9-6-11-4-7-12-8-5-11;1-10(2,3)12-9-8-11-6-4-5-7-11;2*1-9(2,3)11-8-7-10(4,5)6;/h10H,5-9H2,1-4H3;5-10H2,1-4H3;4-8H,1-3H3;4-9H2,1-3H3;4-9H2,1-3H3;2*7-8H2,1-6H3;1H/q;;;;;2*+1;/p-1. The van der Waals surface area contributed by atoms with E-state index in [0.29, 0.717) is 28.5 Å². The highest BCUT2D eigenvalue weighted by molar-refractivity contribution is 8.01. The first-order valence-corrected chi connectivity index (χ1v) is 39.7. The number of carbonyl (C=O) groups is 2. The summed E-state index contributed by atoms with van der Waals surface area (Å²) in [6, 6.07) is 9.41. The fraction of sp³-hybridized carbons (Fsp3) is 0.889. The molecule has 0 N–H and O–H groups in total. The van der Waals surface area contributed by atoms with Crippen molar-refractivity contribution in [3.8, 4) is 0 Å². The monoisotopic (exact) mass is 1400 g/mol. The lowest BCUT2D eigenvalue weighted by molar-refractivity contribution is -0.867. The molecule has 0 spiro atoms. The average Bonchev–Trinajstić information content (AvgIpc) is 4.14. The van der Waals surface area contributed by atoms with Crippen LogP contribution in [-0.4, -0.2) is 282 Å². The number of quaternary nitrogens is 2. The Labute approximate surface area is 592 Å². The van der Waals surface area contributed by atoms with Crippen LogP contribution in [0.25, 0.3) is 0 Å². The van der Waals surface area contributed by atoms with E-state index >= 15 is 0 Å². The van der Waals surface area contributed by atoms with Crippen LogP contribution < -0.4 is 12.4 Å². The van der Waals surface area contributed by atoms with E-state index in [4.69, 9.17) is 9.47 Å². The summed E-state index contributed by atoms with van der Waals surface area (Å²) in [6.07, 6.45) is 4.90. The predicted octanol–water partition coefficient (Wildman–Crippen LogP) is 12.8. The van der Waals surface area contributed by atoms with Gasteiger partial charge in [-0.2, -0.15) is 70.6 Å². The topological polar surface area (TPSA) is 68.8 Å². The largest absolute Gasteiger partial charge is 1.00 e. The number of ketones is 1. The fourth-order valence-corrected chi connectivity index (χ4v) is 14.9. The maximum absolute atomic E-state index is 11.7. The van der Waals surface area contributed by atoms with Gasteiger partial charge in [-0.15, -0.1) is 0 Å². The van der Waals surface area contributed by atoms with E-state index in [1.165, 1.54) is 121 Å². The molecule has 0 aliphatic carbocycles. The number of esters is 1. The van der Waals surface area contributed by atoms with Crippen LogP contribution in [0, 0.1) is 5.41 Å². The molecule has 0 amide bonds. The summed E-state index contributed by atoms with van der Waals surface area (Å²) in [5, 5.41) is 0. The Morgan fingerprint density at radius 2 is 0.800 bits per heavy atom. The molecule has 0 aromatic heterocycles. The van der Waals surface area contributed by atoms with Crippen LogP contribution in [0.2, 0.25) is 0 Å². The van der Waals surface area contributed by atoms with Gasteiger partial charge in [-0.25, -0.2) is 0 Å². The van der Waals surface area contributed by atoms with Crippen LogP contribution in [0.1, 0.15) is 181 Å². The SMILES string of the molecule is CC(C)(C)C(=O)c1ccccc1.CC(C)(C)SCCN1CCCC1.CC(C)(C)SCCN1CCOCC1.CC(C)(C)SCC[N+](C)(C)C.CC(C)(C)SCC[N+](C)(C)C.CN1CCN(CCSC(C)(C)C)CC1.COC(=O)C1CCCN1CCSC(C)(C)C.[Cl-]. The molecule has 4 aliphatic rings. The molecule has 0 radical (unpaired) electrons. The summed E-state index contributed by atoms with van der Waals surface area (Å²) in [5.41, 5.74) is 0.520. The van der Waals surface area contributed by atoms with Crippen LogP contribution in [0.15, 0.2) is 30.3 Å². The number of likely N-dealkylation sites (tertiary alicyclic amines) is 2. The molecule has 5 rings (SSSR count). The minimum atomic E-state index is -0.276. The van der Waals surface area contributed by atoms with Gasteiger partial charge in [0.25, 0.3) is 0 Å². The number of morpholine rings is 1. The molecule has 1 aromatic rings. The number of ether oxygens (including phenoxy) is 2. The van der Waals surface area contributed by atoms with Crippen molar-refractivity contribution in [3.05, 3.63) is 35.9 Å². The van der Waals surface area contributed by atoms with E-state index in [9.17, 15) is 9.59 Å². The summed E-state index contributed by atoms with van der Waals surface area (Å²) >= 11 is 12.2. The van der Waals surface area contributed by atoms with Crippen LogP contribution in [-0.2, 0) is 14.3 Å². The maximum Gasteiger partial charge on any atom is 0.323 e. The van der Waals surface area contributed by atoms with Crippen molar-refractivity contribution in [3.63, 3.8) is 0 Å². The number of nitrogens with zero attached hydrogens (tertiary/aromatic N) is 7. The first kappa shape index (κ1) is 94.6. The van der Waals surface area contributed by atoms with Gasteiger partial charge in [0.2, 0.25) is 0 Å². The van der Waals surface area contributed by atoms with Gasteiger partial charge in [0.05, 0.1) is 75.7 Å². The molecule has 1 unspecified atom stereocenters. The third-order valence-electron chi connectivity index (χ3n) is 13.8. The molecule has 536 valence electrons. The van der Waals surface area contributed by atoms with Crippen LogP contribution >= 0.6 is 70.6 Å². The van der Waals surface area contributed by atoms with E-state index in [1.54, 1.807) is 0 Å². The number of piperazine rings is 1. The molecule has 4 fully saturated rings. The first-order valence-electron chi connectivity index (χ1n) is 33.8. The molecule has 90 heavy (non-hydrogen) atoms. The van der Waals surface area contributed by atoms with Gasteiger partial charge in [0.15, 0.2) is 5.78 Å². The summed E-state index contributed by atoms with van der Waals surface area (Å²) in [6.45, 7) is 66.7. The van der Waals surface area contributed by atoms with Crippen molar-refractivity contribution >= 4 is 82.3 Å². The van der Waals surface area contributed by atoms with Crippen molar-refractivity contribution in [2.45, 2.75) is 206 Å². The van der Waals surface area contributed by atoms with Crippen molar-refractivity contribution in [1.82, 2.24) is 24.5 Å². The van der Waals surface area contributed by atoms with Crippen LogP contribution in [0.5, 0.6) is 0 Å². The summed E-state index contributed by atoms with van der Waals surface area (Å²) in [7, 11) is 17.1. The number of halogens is 1. The second-order valence-corrected chi connectivity index (χ2v) is 44.6. The third kappa shape index (κ3) is 63.2. The van der Waals surface area contributed by atoms with Gasteiger partial charge in [-0.05, 0) is 52.4 Å². The van der Waals surface area contributed by atoms with Gasteiger partial charge in [-0.1, -0.05) is 176 Å². The lowest BCUT2D eigenvalue weighted by Crippen LogP contribution is -3.00. The highest BCUT2D eigenvalue weighted by Gasteiger charge is 2.31. The van der Waals surface area contributed by atoms with E-state index in [1.807, 2.05) is 98.2 Å². The van der Waals surface area contributed by atoms with Crippen molar-refractivity contribution < 1.29 is 40.4 Å². The molecule has 1 atom stereocenters. The van der Waals surface area contributed by atoms with Crippen molar-refractivity contribution in [2.75, 3.05) is 202 Å². The lowest BCUT2D eigenvalue weighted by Gasteiger charge is -2.32. The number of hydrogen-bond donors (Lipinski definition) is 0. The lowest BCUT2D eigenvalue weighted by atomic mass is 9.87. The zero-order chi connectivity index (χ0) is 69.0. The fourth-order valence-electron chi connectivity index (χ4n) is 8.59. The second kappa shape index (κ2) is 47.4. The molecule has 11 nitrogen and oxygen atoms in total. The third-order valence-corrected chi connectivity index (χ3v) is 21.3. The first-order chi connectivity index (χ1) is 40.5. The van der Waals surface area contributed by atoms with E-state index in [0.717, 1.165) is 72.5 Å². The Morgan fingerprint density at radius 1 is 0.467 bits per heavy atom. The Morgan fingerprint density at radius 3 is 1.13 bits per heavy atom. The molecule has 0 saturated carbocycles. The van der Waals surface area contributed by atoms with Crippen molar-refractivity contribution in [2.24, 2.45) is 5.41 Å². The number of rotatable bonds is 20. The van der Waals surface area contributed by atoms with Gasteiger partial charge < -0.3 is 40.6 Å². The van der Waals surface area contributed by atoms with Crippen LogP contribution in [0.3, 0.4) is 0 Å². The Hall–Kier alpha value is 0.430. The molecule has 4 aliphatic heterocycles. The number of benzene rings is 1. The second-order valence-electron chi connectivity index (χ2n) is 33.1. The summed E-state index contributed by atoms with van der Waals surface area (Å²) < 4.78 is 14.7. The number of likely N-dealkylation sites (N-methyl/N-ethyl adjacent to an activating group) is 1. The van der Waals surface area contributed by atoms with Crippen LogP contribution in [0.4, 0.5) is 0 Å². The normalized spacial score (nSPS) is 17.8. The molecule has 4 heterocycles. The van der Waals surface area contributed by atoms with E-state index < -0.39 is 0 Å². The van der Waals surface area contributed by atoms with Gasteiger partial charge in [-0.3, -0.25) is 24.3 Å². The zero-order valence-corrected chi connectivity index (χ0v) is 69.8. The molecule has 1 aromatic carbocycles. The highest BCUT2D eigenvalue weighted by atomic mass is 35.5. The molecule has 0 bridgehead atoms. The summed E-state index contributed by atoms with van der Waals surface area (Å²) in [4.78, 5) is 35.5. The molecule has 18 heteroatoms. The zero-order valence-electron chi connectivity index (χ0n) is 64.1. The van der Waals surface area contributed by atoms with Gasteiger partial charge in [0.1, 0.15) is 6.04 Å². The van der Waals surface area contributed by atoms with Gasteiger partial charge >= 0.3 is 5.97 Å². The Balaban J connectivity index is -0.000000983. The van der Waals surface area contributed by atoms with Gasteiger partial charge in [0, 0.05) is 139 Å². The maximum atomic E-state index is 11.7. The van der Waals surface area contributed by atoms with E-state index in [2.05, 4.69) is 222 Å². The summed E-state index contributed by atoms with van der Waals surface area (Å²) in [5.74, 6) is 7.53. The Kier molecular flexibility index (Phi) is 49.9. The number of hydrogen-bond acceptors (Lipinski definition) is 15. The quantitative estimate of drug-likeness (QED) is 0.0706. The minimum absolute atomic E-state index is 0. The average molecular weight is 1400 g/mol. The Bertz CT molecular complexity index is 1850. The number of methoxy groups -OCH3 is 1. The van der Waals surface area contributed by atoms with Crippen molar-refractivity contribution in [1.29, 1.82) is 0 Å². The molecule has 4 saturated heterocycles. The number of Topliss-reactive ketones (excluding diaryl/α,β-unsaturated/α-hetero) is 1.